The Morgan fingerprint density at radius 1 is 1.11 bits per heavy atom. The van der Waals surface area contributed by atoms with Crippen molar-refractivity contribution >= 4 is 21.6 Å². The summed E-state index contributed by atoms with van der Waals surface area (Å²) >= 11 is 3.54. The van der Waals surface area contributed by atoms with Gasteiger partial charge in [0.15, 0.2) is 0 Å². The third kappa shape index (κ3) is 3.74. The summed E-state index contributed by atoms with van der Waals surface area (Å²) in [6.45, 7) is 5.61. The van der Waals surface area contributed by atoms with Gasteiger partial charge in [0.05, 0.1) is 6.61 Å². The molecule has 0 spiro atoms. The monoisotopic (exact) mass is 319 g/mol. The number of rotatable bonds is 5. The summed E-state index contributed by atoms with van der Waals surface area (Å²) < 4.78 is 6.56. The van der Waals surface area contributed by atoms with Gasteiger partial charge in [0, 0.05) is 16.7 Å². The van der Waals surface area contributed by atoms with Gasteiger partial charge < -0.3 is 10.1 Å². The van der Waals surface area contributed by atoms with E-state index in [1.807, 2.05) is 25.1 Å². The molecule has 0 radical (unpaired) electrons. The molecule has 0 bridgehead atoms. The molecule has 0 aliphatic rings. The van der Waals surface area contributed by atoms with Crippen molar-refractivity contribution in [2.75, 3.05) is 11.9 Å². The Morgan fingerprint density at radius 2 is 1.84 bits per heavy atom. The summed E-state index contributed by atoms with van der Waals surface area (Å²) in [7, 11) is 0. The minimum absolute atomic E-state index is 0.703. The summed E-state index contributed by atoms with van der Waals surface area (Å²) in [5.74, 6) is 0.921. The highest BCUT2D eigenvalue weighted by atomic mass is 79.9. The summed E-state index contributed by atoms with van der Waals surface area (Å²) in [6, 6.07) is 14.4. The Labute approximate surface area is 122 Å². The van der Waals surface area contributed by atoms with E-state index in [-0.39, 0.29) is 0 Å². The Morgan fingerprint density at radius 3 is 2.53 bits per heavy atom. The Balaban J connectivity index is 2.00. The largest absolute Gasteiger partial charge is 0.494 e. The second kappa shape index (κ2) is 6.62. The van der Waals surface area contributed by atoms with Crippen LogP contribution in [0.5, 0.6) is 5.75 Å². The van der Waals surface area contributed by atoms with Crippen LogP contribution in [0.2, 0.25) is 0 Å². The first-order valence-corrected chi connectivity index (χ1v) is 7.20. The van der Waals surface area contributed by atoms with Gasteiger partial charge in [-0.1, -0.05) is 34.1 Å². The predicted molar refractivity (Wildman–Crippen MR) is 83.8 cm³/mol. The molecule has 0 amide bonds. The Hall–Kier alpha value is -1.48. The van der Waals surface area contributed by atoms with Crippen LogP contribution in [0.15, 0.2) is 46.9 Å². The Bertz CT molecular complexity index is 537. The van der Waals surface area contributed by atoms with Crippen molar-refractivity contribution in [3.63, 3.8) is 0 Å². The molecular formula is C16H18BrNO. The van der Waals surface area contributed by atoms with Gasteiger partial charge in [0.1, 0.15) is 5.75 Å². The zero-order valence-corrected chi connectivity index (χ0v) is 12.8. The zero-order chi connectivity index (χ0) is 13.7. The number of anilines is 1. The lowest BCUT2D eigenvalue weighted by molar-refractivity contribution is 0.340. The van der Waals surface area contributed by atoms with E-state index in [1.54, 1.807) is 0 Å². The molecule has 3 heteroatoms. The van der Waals surface area contributed by atoms with Crippen molar-refractivity contribution in [1.82, 2.24) is 0 Å². The number of benzene rings is 2. The standard InChI is InChI=1S/C16H18BrNO/c1-3-19-14-9-7-13(8-10-14)11-18-16-6-4-5-15(17)12(16)2/h4-10,18H,3,11H2,1-2H3. The number of halogens is 1. The number of hydrogen-bond donors (Lipinski definition) is 1. The summed E-state index contributed by atoms with van der Waals surface area (Å²) in [4.78, 5) is 0. The summed E-state index contributed by atoms with van der Waals surface area (Å²) in [5.41, 5.74) is 3.62. The fraction of sp³-hybridized carbons (Fsp3) is 0.250. The van der Waals surface area contributed by atoms with Gasteiger partial charge in [-0.25, -0.2) is 0 Å². The molecule has 0 atom stereocenters. The molecule has 0 saturated carbocycles. The molecule has 2 rings (SSSR count). The maximum atomic E-state index is 5.43. The molecule has 0 aliphatic carbocycles. The van der Waals surface area contributed by atoms with Crippen molar-refractivity contribution < 1.29 is 4.74 Å². The van der Waals surface area contributed by atoms with E-state index in [0.717, 1.165) is 22.5 Å². The van der Waals surface area contributed by atoms with Crippen molar-refractivity contribution in [2.24, 2.45) is 0 Å². The average molecular weight is 320 g/mol. The van der Waals surface area contributed by atoms with E-state index < -0.39 is 0 Å². The predicted octanol–water partition coefficient (Wildman–Crippen LogP) is 4.77. The van der Waals surface area contributed by atoms with Crippen LogP contribution in [0.4, 0.5) is 5.69 Å². The van der Waals surface area contributed by atoms with Crippen LogP contribution in [0.1, 0.15) is 18.1 Å². The molecular weight excluding hydrogens is 302 g/mol. The minimum Gasteiger partial charge on any atom is -0.494 e. The van der Waals surface area contributed by atoms with Crippen LogP contribution < -0.4 is 10.1 Å². The minimum atomic E-state index is 0.703. The molecule has 0 aromatic heterocycles. The van der Waals surface area contributed by atoms with Crippen LogP contribution in [0, 0.1) is 6.92 Å². The molecule has 2 aromatic rings. The van der Waals surface area contributed by atoms with Gasteiger partial charge >= 0.3 is 0 Å². The lowest BCUT2D eigenvalue weighted by atomic mass is 10.1. The van der Waals surface area contributed by atoms with Gasteiger partial charge in [-0.05, 0) is 49.2 Å². The van der Waals surface area contributed by atoms with Gasteiger partial charge in [-0.3, -0.25) is 0 Å². The second-order valence-corrected chi connectivity index (χ2v) is 5.20. The van der Waals surface area contributed by atoms with E-state index in [4.69, 9.17) is 4.74 Å². The van der Waals surface area contributed by atoms with Crippen LogP contribution in [0.3, 0.4) is 0 Å². The molecule has 0 unspecified atom stereocenters. The van der Waals surface area contributed by atoms with Crippen LogP contribution in [0.25, 0.3) is 0 Å². The highest BCUT2D eigenvalue weighted by molar-refractivity contribution is 9.10. The average Bonchev–Trinajstić information content (AvgIpc) is 2.42. The number of ether oxygens (including phenoxy) is 1. The number of hydrogen-bond acceptors (Lipinski definition) is 2. The fourth-order valence-electron chi connectivity index (χ4n) is 1.87. The van der Waals surface area contributed by atoms with Gasteiger partial charge in [-0.2, -0.15) is 0 Å². The molecule has 1 N–H and O–H groups in total. The normalized spacial score (nSPS) is 10.3. The highest BCUT2D eigenvalue weighted by Gasteiger charge is 2.01. The van der Waals surface area contributed by atoms with Gasteiger partial charge in [-0.15, -0.1) is 0 Å². The molecule has 0 heterocycles. The Kier molecular flexibility index (Phi) is 4.86. The van der Waals surface area contributed by atoms with E-state index in [2.05, 4.69) is 52.4 Å². The van der Waals surface area contributed by atoms with E-state index in [1.165, 1.54) is 11.1 Å². The molecule has 100 valence electrons. The quantitative estimate of drug-likeness (QED) is 0.857. The van der Waals surface area contributed by atoms with E-state index in [0.29, 0.717) is 6.61 Å². The number of nitrogens with one attached hydrogen (secondary N) is 1. The van der Waals surface area contributed by atoms with Crippen LogP contribution >= 0.6 is 15.9 Å². The fourth-order valence-corrected chi connectivity index (χ4v) is 2.23. The summed E-state index contributed by atoms with van der Waals surface area (Å²) in [5, 5.41) is 3.45. The molecule has 2 nitrogen and oxygen atoms in total. The van der Waals surface area contributed by atoms with Gasteiger partial charge in [0.25, 0.3) is 0 Å². The SMILES string of the molecule is CCOc1ccc(CNc2cccc(Br)c2C)cc1. The highest BCUT2D eigenvalue weighted by Crippen LogP contribution is 2.24. The van der Waals surface area contributed by atoms with E-state index in [9.17, 15) is 0 Å². The molecule has 0 fully saturated rings. The van der Waals surface area contributed by atoms with E-state index >= 15 is 0 Å². The smallest absolute Gasteiger partial charge is 0.119 e. The van der Waals surface area contributed by atoms with Crippen molar-refractivity contribution in [1.29, 1.82) is 0 Å². The molecule has 0 aliphatic heterocycles. The third-order valence-electron chi connectivity index (χ3n) is 2.99. The lowest BCUT2D eigenvalue weighted by Crippen LogP contribution is -2.01. The van der Waals surface area contributed by atoms with Gasteiger partial charge in [0.2, 0.25) is 0 Å². The second-order valence-electron chi connectivity index (χ2n) is 4.34. The maximum Gasteiger partial charge on any atom is 0.119 e. The first kappa shape index (κ1) is 13.9. The van der Waals surface area contributed by atoms with Crippen molar-refractivity contribution in [3.05, 3.63) is 58.1 Å². The van der Waals surface area contributed by atoms with Crippen LogP contribution in [-0.2, 0) is 6.54 Å². The maximum absolute atomic E-state index is 5.43. The third-order valence-corrected chi connectivity index (χ3v) is 3.84. The topological polar surface area (TPSA) is 21.3 Å². The molecule has 19 heavy (non-hydrogen) atoms. The van der Waals surface area contributed by atoms with Crippen LogP contribution in [-0.4, -0.2) is 6.61 Å². The molecule has 2 aromatic carbocycles. The lowest BCUT2D eigenvalue weighted by Gasteiger charge is -2.11. The molecule has 0 saturated heterocycles. The first-order chi connectivity index (χ1) is 9.20. The van der Waals surface area contributed by atoms with Crippen molar-refractivity contribution in [3.8, 4) is 5.75 Å². The first-order valence-electron chi connectivity index (χ1n) is 6.41. The zero-order valence-electron chi connectivity index (χ0n) is 11.2. The van der Waals surface area contributed by atoms with Crippen molar-refractivity contribution in [2.45, 2.75) is 20.4 Å². The summed E-state index contributed by atoms with van der Waals surface area (Å²) in [6.07, 6.45) is 0.